The highest BCUT2D eigenvalue weighted by molar-refractivity contribution is 7.86. The highest BCUT2D eigenvalue weighted by Gasteiger charge is 2.25. The van der Waals surface area contributed by atoms with Gasteiger partial charge < -0.3 is 4.90 Å². The van der Waals surface area contributed by atoms with E-state index >= 15 is 0 Å². The summed E-state index contributed by atoms with van der Waals surface area (Å²) in [6.07, 6.45) is 3.55. The first kappa shape index (κ1) is 15.2. The van der Waals surface area contributed by atoms with Gasteiger partial charge >= 0.3 is 0 Å². The number of rotatable bonds is 4. The second-order valence-corrected chi connectivity index (χ2v) is 7.45. The van der Waals surface area contributed by atoms with Crippen molar-refractivity contribution in [3.05, 3.63) is 36.5 Å². The summed E-state index contributed by atoms with van der Waals surface area (Å²) in [5.41, 5.74) is 2.17. The van der Waals surface area contributed by atoms with Gasteiger partial charge in [0.2, 0.25) is 0 Å². The molecule has 1 aromatic carbocycles. The van der Waals surface area contributed by atoms with E-state index in [0.717, 1.165) is 36.8 Å². The number of pyridine rings is 1. The third kappa shape index (κ3) is 3.23. The van der Waals surface area contributed by atoms with Gasteiger partial charge in [-0.15, -0.1) is 0 Å². The van der Waals surface area contributed by atoms with Crippen molar-refractivity contribution in [1.29, 1.82) is 0 Å². The normalized spacial score (nSPS) is 17.0. The largest absolute Gasteiger partial charge is 0.371 e. The van der Waals surface area contributed by atoms with Crippen LogP contribution in [0.1, 0.15) is 12.8 Å². The van der Waals surface area contributed by atoms with Crippen LogP contribution in [0, 0.1) is 5.92 Å². The molecule has 1 fully saturated rings. The van der Waals surface area contributed by atoms with Crippen LogP contribution in [0.15, 0.2) is 36.5 Å². The Hall–Kier alpha value is -1.66. The molecule has 2 aromatic rings. The SMILES string of the molecule is COS(=O)(=O)CC1CCN(c2ccnc3ccccc23)CC1. The van der Waals surface area contributed by atoms with E-state index in [1.54, 1.807) is 0 Å². The van der Waals surface area contributed by atoms with Crippen molar-refractivity contribution in [2.75, 3.05) is 30.9 Å². The summed E-state index contributed by atoms with van der Waals surface area (Å²) >= 11 is 0. The van der Waals surface area contributed by atoms with Crippen LogP contribution in [0.25, 0.3) is 10.9 Å². The molecule has 22 heavy (non-hydrogen) atoms. The number of hydrogen-bond acceptors (Lipinski definition) is 5. The van der Waals surface area contributed by atoms with Gasteiger partial charge in [0.1, 0.15) is 0 Å². The third-order valence-corrected chi connectivity index (χ3v) is 5.66. The van der Waals surface area contributed by atoms with E-state index in [-0.39, 0.29) is 11.7 Å². The number of fused-ring (bicyclic) bond motifs is 1. The summed E-state index contributed by atoms with van der Waals surface area (Å²) in [6, 6.07) is 10.1. The molecule has 0 spiro atoms. The number of hydrogen-bond donors (Lipinski definition) is 0. The Morgan fingerprint density at radius 2 is 1.95 bits per heavy atom. The molecule has 1 aliphatic rings. The lowest BCUT2D eigenvalue weighted by molar-refractivity contribution is 0.373. The summed E-state index contributed by atoms with van der Waals surface area (Å²) in [4.78, 5) is 6.71. The summed E-state index contributed by atoms with van der Waals surface area (Å²) in [7, 11) is -2.13. The molecule has 0 bridgehead atoms. The fourth-order valence-electron chi connectivity index (χ4n) is 3.05. The molecule has 1 saturated heterocycles. The molecule has 6 heteroatoms. The zero-order chi connectivity index (χ0) is 15.6. The Morgan fingerprint density at radius 3 is 2.68 bits per heavy atom. The van der Waals surface area contributed by atoms with Gasteiger partial charge in [0.05, 0.1) is 18.4 Å². The monoisotopic (exact) mass is 320 g/mol. The lowest BCUT2D eigenvalue weighted by atomic mass is 9.98. The smallest absolute Gasteiger partial charge is 0.267 e. The van der Waals surface area contributed by atoms with Crippen LogP contribution in [-0.4, -0.2) is 39.4 Å². The van der Waals surface area contributed by atoms with Crippen LogP contribution >= 0.6 is 0 Å². The molecule has 1 aliphatic heterocycles. The summed E-state index contributed by atoms with van der Waals surface area (Å²) in [5, 5.41) is 1.15. The predicted molar refractivity (Wildman–Crippen MR) is 87.5 cm³/mol. The van der Waals surface area contributed by atoms with E-state index in [1.807, 2.05) is 30.5 Å². The molecule has 0 unspecified atom stereocenters. The van der Waals surface area contributed by atoms with Crippen LogP contribution in [-0.2, 0) is 14.3 Å². The first-order valence-electron chi connectivity index (χ1n) is 7.46. The highest BCUT2D eigenvalue weighted by atomic mass is 32.2. The van der Waals surface area contributed by atoms with Crippen molar-refractivity contribution in [2.24, 2.45) is 5.92 Å². The van der Waals surface area contributed by atoms with Crippen LogP contribution < -0.4 is 4.90 Å². The fourth-order valence-corrected chi connectivity index (χ4v) is 4.10. The van der Waals surface area contributed by atoms with Crippen LogP contribution in [0.4, 0.5) is 5.69 Å². The predicted octanol–water partition coefficient (Wildman–Crippen LogP) is 2.43. The Bertz CT molecular complexity index is 748. The Labute approximate surface area is 131 Å². The lowest BCUT2D eigenvalue weighted by Crippen LogP contribution is -2.36. The molecule has 0 aliphatic carbocycles. The molecular formula is C16H20N2O3S. The van der Waals surface area contributed by atoms with Crippen LogP contribution in [0.2, 0.25) is 0 Å². The van der Waals surface area contributed by atoms with Gasteiger partial charge in [0, 0.05) is 30.4 Å². The summed E-state index contributed by atoms with van der Waals surface area (Å²) in [5.74, 6) is 0.295. The van der Waals surface area contributed by atoms with E-state index in [9.17, 15) is 8.42 Å². The molecule has 2 heterocycles. The molecule has 0 atom stereocenters. The number of para-hydroxylation sites is 1. The maximum absolute atomic E-state index is 11.5. The minimum absolute atomic E-state index is 0.119. The lowest BCUT2D eigenvalue weighted by Gasteiger charge is -2.33. The van der Waals surface area contributed by atoms with Gasteiger partial charge in [-0.2, -0.15) is 8.42 Å². The fraction of sp³-hybridized carbons (Fsp3) is 0.438. The average molecular weight is 320 g/mol. The van der Waals surface area contributed by atoms with Gasteiger partial charge in [0.15, 0.2) is 0 Å². The minimum atomic E-state index is -3.36. The second-order valence-electron chi connectivity index (χ2n) is 5.67. The number of benzene rings is 1. The summed E-state index contributed by atoms with van der Waals surface area (Å²) in [6.45, 7) is 1.72. The molecular weight excluding hydrogens is 300 g/mol. The van der Waals surface area contributed by atoms with E-state index in [2.05, 4.69) is 20.1 Å². The number of aromatic nitrogens is 1. The van der Waals surface area contributed by atoms with Crippen molar-refractivity contribution >= 4 is 26.7 Å². The Morgan fingerprint density at radius 1 is 1.23 bits per heavy atom. The molecule has 0 radical (unpaired) electrons. The van der Waals surface area contributed by atoms with Crippen molar-refractivity contribution in [3.8, 4) is 0 Å². The Kier molecular flexibility index (Phi) is 4.31. The molecule has 118 valence electrons. The van der Waals surface area contributed by atoms with E-state index in [4.69, 9.17) is 0 Å². The highest BCUT2D eigenvalue weighted by Crippen LogP contribution is 2.29. The quantitative estimate of drug-likeness (QED) is 0.810. The number of piperidine rings is 1. The number of nitrogens with zero attached hydrogens (tertiary/aromatic N) is 2. The minimum Gasteiger partial charge on any atom is -0.371 e. The van der Waals surface area contributed by atoms with Crippen LogP contribution in [0.5, 0.6) is 0 Å². The molecule has 0 N–H and O–H groups in total. The van der Waals surface area contributed by atoms with Crippen molar-refractivity contribution in [2.45, 2.75) is 12.8 Å². The summed E-state index contributed by atoms with van der Waals surface area (Å²) < 4.78 is 27.7. The Balaban J connectivity index is 1.73. The topological polar surface area (TPSA) is 59.5 Å². The maximum Gasteiger partial charge on any atom is 0.267 e. The molecule has 0 amide bonds. The van der Waals surface area contributed by atoms with Gasteiger partial charge in [-0.25, -0.2) is 0 Å². The van der Waals surface area contributed by atoms with E-state index in [0.29, 0.717) is 0 Å². The third-order valence-electron chi connectivity index (χ3n) is 4.28. The zero-order valence-corrected chi connectivity index (χ0v) is 13.4. The first-order chi connectivity index (χ1) is 10.6. The molecule has 5 nitrogen and oxygen atoms in total. The standard InChI is InChI=1S/C16H20N2O3S/c1-21-22(19,20)12-13-7-10-18(11-8-13)16-6-9-17-15-5-3-2-4-14(15)16/h2-6,9,13H,7-8,10-12H2,1H3. The first-order valence-corrected chi connectivity index (χ1v) is 9.04. The maximum atomic E-state index is 11.5. The van der Waals surface area contributed by atoms with Crippen molar-refractivity contribution in [3.63, 3.8) is 0 Å². The van der Waals surface area contributed by atoms with Crippen molar-refractivity contribution in [1.82, 2.24) is 4.98 Å². The average Bonchev–Trinajstić information content (AvgIpc) is 2.55. The van der Waals surface area contributed by atoms with Gasteiger partial charge in [-0.05, 0) is 30.9 Å². The molecule has 1 aromatic heterocycles. The molecule has 0 saturated carbocycles. The second kappa shape index (κ2) is 6.22. The van der Waals surface area contributed by atoms with Gasteiger partial charge in [0.25, 0.3) is 10.1 Å². The van der Waals surface area contributed by atoms with E-state index < -0.39 is 10.1 Å². The van der Waals surface area contributed by atoms with Gasteiger partial charge in [-0.3, -0.25) is 9.17 Å². The number of anilines is 1. The van der Waals surface area contributed by atoms with Crippen molar-refractivity contribution < 1.29 is 12.6 Å². The van der Waals surface area contributed by atoms with E-state index in [1.165, 1.54) is 12.8 Å². The van der Waals surface area contributed by atoms with Gasteiger partial charge in [-0.1, -0.05) is 18.2 Å². The zero-order valence-electron chi connectivity index (χ0n) is 12.6. The van der Waals surface area contributed by atoms with Crippen LogP contribution in [0.3, 0.4) is 0 Å². The molecule has 3 rings (SSSR count).